The summed E-state index contributed by atoms with van der Waals surface area (Å²) in [5, 5.41) is 8.95. The minimum absolute atomic E-state index is 0.153. The topological polar surface area (TPSA) is 98.6 Å². The number of benzene rings is 1. The number of hydrogen-bond donors (Lipinski definition) is 0. The average molecular weight is 545 g/mol. The first-order valence-electron chi connectivity index (χ1n) is 12.2. The lowest BCUT2D eigenvalue weighted by Gasteiger charge is -2.26. The van der Waals surface area contributed by atoms with E-state index < -0.39 is 10.0 Å². The highest BCUT2D eigenvalue weighted by atomic mass is 35.5. The summed E-state index contributed by atoms with van der Waals surface area (Å²) in [6.45, 7) is 6.39. The van der Waals surface area contributed by atoms with Crippen molar-refractivity contribution in [3.63, 3.8) is 0 Å². The van der Waals surface area contributed by atoms with Crippen LogP contribution in [0, 0.1) is 6.92 Å². The molecule has 2 aliphatic heterocycles. The van der Waals surface area contributed by atoms with Gasteiger partial charge in [0.05, 0.1) is 30.2 Å². The fourth-order valence-electron chi connectivity index (χ4n) is 4.48. The van der Waals surface area contributed by atoms with E-state index >= 15 is 0 Å². The van der Waals surface area contributed by atoms with Gasteiger partial charge >= 0.3 is 0 Å². The maximum absolute atomic E-state index is 13.4. The SMILES string of the molecule is COc1cc(-c2c(Cl)ccn2S(=O)(=O)c2ccc(C)cc2)oc1C1=NN=C(CCCN2CCOCC2)C1. The van der Waals surface area contributed by atoms with E-state index in [0.29, 0.717) is 23.6 Å². The number of aryl methyl sites for hydroxylation is 1. The van der Waals surface area contributed by atoms with E-state index in [-0.39, 0.29) is 21.4 Å². The van der Waals surface area contributed by atoms with Crippen LogP contribution in [-0.2, 0) is 14.8 Å². The fraction of sp³-hybridized carbons (Fsp3) is 0.385. The van der Waals surface area contributed by atoms with Gasteiger partial charge in [0.25, 0.3) is 10.0 Å². The fourth-order valence-corrected chi connectivity index (χ4v) is 6.12. The molecule has 196 valence electrons. The van der Waals surface area contributed by atoms with Crippen molar-refractivity contribution in [3.05, 3.63) is 58.9 Å². The van der Waals surface area contributed by atoms with Crippen molar-refractivity contribution in [3.8, 4) is 17.2 Å². The predicted molar refractivity (Wildman–Crippen MR) is 143 cm³/mol. The summed E-state index contributed by atoms with van der Waals surface area (Å²) in [4.78, 5) is 2.55. The lowest BCUT2D eigenvalue weighted by atomic mass is 10.1. The van der Waals surface area contributed by atoms with E-state index in [1.807, 2.05) is 6.92 Å². The molecule has 5 rings (SSSR count). The first-order valence-corrected chi connectivity index (χ1v) is 14.0. The van der Waals surface area contributed by atoms with Gasteiger partial charge < -0.3 is 13.9 Å². The number of aromatic nitrogens is 1. The summed E-state index contributed by atoms with van der Waals surface area (Å²) in [6, 6.07) is 9.81. The number of ether oxygens (including phenoxy) is 2. The molecule has 9 nitrogen and oxygen atoms in total. The third-order valence-electron chi connectivity index (χ3n) is 6.52. The number of methoxy groups -OCH3 is 1. The minimum atomic E-state index is -3.90. The summed E-state index contributed by atoms with van der Waals surface area (Å²) in [7, 11) is -2.38. The molecule has 4 heterocycles. The molecular weight excluding hydrogens is 516 g/mol. The summed E-state index contributed by atoms with van der Waals surface area (Å²) in [5.41, 5.74) is 2.80. The number of rotatable bonds is 9. The highest BCUT2D eigenvalue weighted by Crippen LogP contribution is 2.38. The number of furan rings is 1. The van der Waals surface area contributed by atoms with Crippen LogP contribution in [0.4, 0.5) is 0 Å². The van der Waals surface area contributed by atoms with Crippen molar-refractivity contribution in [1.29, 1.82) is 0 Å². The smallest absolute Gasteiger partial charge is 0.268 e. The van der Waals surface area contributed by atoms with Crippen molar-refractivity contribution < 1.29 is 22.3 Å². The van der Waals surface area contributed by atoms with Gasteiger partial charge in [-0.2, -0.15) is 10.2 Å². The van der Waals surface area contributed by atoms with Crippen LogP contribution in [0.3, 0.4) is 0 Å². The molecular formula is C26H29ClN4O5S. The quantitative estimate of drug-likeness (QED) is 0.390. The van der Waals surface area contributed by atoms with Crippen LogP contribution < -0.4 is 4.74 Å². The molecule has 0 aliphatic carbocycles. The van der Waals surface area contributed by atoms with Gasteiger partial charge in [-0.3, -0.25) is 4.90 Å². The Morgan fingerprint density at radius 1 is 1.11 bits per heavy atom. The molecule has 1 saturated heterocycles. The van der Waals surface area contributed by atoms with E-state index in [1.54, 1.807) is 30.3 Å². The van der Waals surface area contributed by atoms with Gasteiger partial charge in [-0.05, 0) is 44.5 Å². The number of morpholine rings is 1. The molecule has 0 amide bonds. The number of halogens is 1. The summed E-state index contributed by atoms with van der Waals surface area (Å²) >= 11 is 6.46. The van der Waals surface area contributed by atoms with Gasteiger partial charge in [-0.1, -0.05) is 29.3 Å². The molecule has 0 N–H and O–H groups in total. The Morgan fingerprint density at radius 3 is 2.59 bits per heavy atom. The largest absolute Gasteiger partial charge is 0.493 e. The third-order valence-corrected chi connectivity index (χ3v) is 8.52. The van der Waals surface area contributed by atoms with E-state index in [4.69, 9.17) is 25.5 Å². The first kappa shape index (κ1) is 25.7. The molecule has 1 aromatic carbocycles. The molecule has 0 radical (unpaired) electrons. The molecule has 3 aromatic rings. The Labute approximate surface area is 221 Å². The highest BCUT2D eigenvalue weighted by molar-refractivity contribution is 7.90. The molecule has 0 atom stereocenters. The standard InChI is InChI=1S/C26H29ClN4O5S/c1-18-5-7-20(8-6-18)37(32,33)31-11-9-21(27)25(31)23-17-24(34-2)26(36-23)22-16-19(28-29-22)4-3-10-30-12-14-35-15-13-30/h5-9,11,17H,3-4,10,12-16H2,1-2H3. The van der Waals surface area contributed by atoms with E-state index in [0.717, 1.165) is 60.9 Å². The van der Waals surface area contributed by atoms with Crippen LogP contribution in [-0.4, -0.2) is 68.7 Å². The first-order chi connectivity index (χ1) is 17.9. The zero-order chi connectivity index (χ0) is 26.0. The van der Waals surface area contributed by atoms with Gasteiger partial charge in [0, 0.05) is 37.5 Å². The van der Waals surface area contributed by atoms with E-state index in [2.05, 4.69) is 15.1 Å². The second-order valence-electron chi connectivity index (χ2n) is 9.08. The molecule has 1 fully saturated rings. The normalized spacial score (nSPS) is 16.6. The molecule has 0 spiro atoms. The van der Waals surface area contributed by atoms with Gasteiger partial charge in [0.2, 0.25) is 0 Å². The molecule has 2 aromatic heterocycles. The van der Waals surface area contributed by atoms with Crippen LogP contribution in [0.15, 0.2) is 62.1 Å². The molecule has 0 saturated carbocycles. The van der Waals surface area contributed by atoms with Crippen LogP contribution in [0.5, 0.6) is 5.75 Å². The zero-order valence-electron chi connectivity index (χ0n) is 20.8. The van der Waals surface area contributed by atoms with Crippen LogP contribution in [0.1, 0.15) is 30.6 Å². The Bertz CT molecular complexity index is 1430. The van der Waals surface area contributed by atoms with Gasteiger partial charge in [-0.25, -0.2) is 12.4 Å². The third kappa shape index (κ3) is 5.38. The molecule has 11 heteroatoms. The van der Waals surface area contributed by atoms with Gasteiger partial charge in [0.15, 0.2) is 17.3 Å². The molecule has 37 heavy (non-hydrogen) atoms. The predicted octanol–water partition coefficient (Wildman–Crippen LogP) is 4.62. The van der Waals surface area contributed by atoms with Gasteiger partial charge in [0.1, 0.15) is 11.4 Å². The Balaban J connectivity index is 1.34. The second-order valence-corrected chi connectivity index (χ2v) is 11.3. The summed E-state index contributed by atoms with van der Waals surface area (Å²) in [5.74, 6) is 1.12. The summed E-state index contributed by atoms with van der Waals surface area (Å²) < 4.78 is 45.0. The highest BCUT2D eigenvalue weighted by Gasteiger charge is 2.28. The van der Waals surface area contributed by atoms with E-state index in [9.17, 15) is 8.42 Å². The van der Waals surface area contributed by atoms with E-state index in [1.165, 1.54) is 19.4 Å². The Hall–Kier alpha value is -2.92. The average Bonchev–Trinajstić information content (AvgIpc) is 3.63. The lowest BCUT2D eigenvalue weighted by molar-refractivity contribution is 0.0376. The van der Waals surface area contributed by atoms with Gasteiger partial charge in [-0.15, -0.1) is 0 Å². The van der Waals surface area contributed by atoms with Crippen LogP contribution in [0.25, 0.3) is 11.5 Å². The maximum atomic E-state index is 13.4. The van der Waals surface area contributed by atoms with Crippen molar-refractivity contribution in [2.45, 2.75) is 31.1 Å². The summed E-state index contributed by atoms with van der Waals surface area (Å²) in [6.07, 6.45) is 3.79. The van der Waals surface area contributed by atoms with Crippen molar-refractivity contribution in [2.75, 3.05) is 40.0 Å². The van der Waals surface area contributed by atoms with Crippen molar-refractivity contribution in [1.82, 2.24) is 8.87 Å². The van der Waals surface area contributed by atoms with Crippen LogP contribution >= 0.6 is 11.6 Å². The molecule has 0 unspecified atom stereocenters. The maximum Gasteiger partial charge on any atom is 0.268 e. The number of hydrogen-bond acceptors (Lipinski definition) is 8. The second kappa shape index (κ2) is 10.8. The van der Waals surface area contributed by atoms with Crippen LogP contribution in [0.2, 0.25) is 5.02 Å². The Kier molecular flexibility index (Phi) is 7.52. The van der Waals surface area contributed by atoms with Crippen molar-refractivity contribution >= 4 is 33.0 Å². The zero-order valence-corrected chi connectivity index (χ0v) is 22.4. The lowest BCUT2D eigenvalue weighted by Crippen LogP contribution is -2.36. The monoisotopic (exact) mass is 544 g/mol. The van der Waals surface area contributed by atoms with Crippen molar-refractivity contribution in [2.24, 2.45) is 10.2 Å². The number of nitrogens with zero attached hydrogens (tertiary/aromatic N) is 4. The minimum Gasteiger partial charge on any atom is -0.493 e. The molecule has 0 bridgehead atoms. The molecule has 2 aliphatic rings. The Morgan fingerprint density at radius 2 is 1.86 bits per heavy atom.